The summed E-state index contributed by atoms with van der Waals surface area (Å²) in [6, 6.07) is 0. The molecule has 11 atom stereocenters. The van der Waals surface area contributed by atoms with E-state index in [1.54, 1.807) is 0 Å². The second-order valence-corrected chi connectivity index (χ2v) is 18.8. The van der Waals surface area contributed by atoms with Crippen LogP contribution in [0.3, 0.4) is 0 Å². The smallest absolute Gasteiger partial charge is 0.306 e. The summed E-state index contributed by atoms with van der Waals surface area (Å²) in [6.07, 6.45) is 33.7. The lowest BCUT2D eigenvalue weighted by Gasteiger charge is -2.42. The van der Waals surface area contributed by atoms with Gasteiger partial charge in [0.25, 0.3) is 0 Å². The fourth-order valence-electron chi connectivity index (χ4n) is 8.08. The Kier molecular flexibility index (Phi) is 38.2. The van der Waals surface area contributed by atoms with Gasteiger partial charge in [-0.05, 0) is 64.2 Å². The van der Waals surface area contributed by atoms with Crippen LogP contribution in [0.25, 0.3) is 0 Å². The third-order valence-electron chi connectivity index (χ3n) is 12.5. The van der Waals surface area contributed by atoms with Crippen LogP contribution in [-0.2, 0) is 38.0 Å². The van der Waals surface area contributed by atoms with Gasteiger partial charge in [-0.1, -0.05) is 170 Å². The zero-order valence-corrected chi connectivity index (χ0v) is 43.2. The summed E-state index contributed by atoms with van der Waals surface area (Å²) < 4.78 is 33.5. The standard InChI is InChI=1S/C56H94O15/c1-3-5-7-9-11-13-15-17-18-19-20-21-22-23-24-25-27-28-30-32-34-36-38-47(58)66-41-44(69-48(59)39-37-35-33-31-29-26-16-14-12-10-8-6-4-2)42-67-55-54(65)52(63)50(61)46(71-55)43-68-56-53(64)51(62)49(60)45(40-57)70-56/h6,8,10,12,14,16,19-20,22-23,26,29,44-46,49-57,60-65H,3-5,7,9,11,13,15,17-18,21,24-25,27-28,30-43H2,1-2H3/b8-6+,12-10+,16-14+,20-19+,23-22+,29-26+/t44?,45-,46-,49+,50+,51?,52?,53?,54?,55-,56-/m1/s1. The third-order valence-corrected chi connectivity index (χ3v) is 12.5. The molecule has 0 spiro atoms. The molecule has 0 aliphatic carbocycles. The van der Waals surface area contributed by atoms with Crippen LogP contribution in [0.15, 0.2) is 72.9 Å². The first-order valence-electron chi connectivity index (χ1n) is 27.1. The maximum absolute atomic E-state index is 13.0. The number of hydrogen-bond acceptors (Lipinski definition) is 15. The van der Waals surface area contributed by atoms with Crippen LogP contribution in [0.5, 0.6) is 0 Å². The van der Waals surface area contributed by atoms with Crippen LogP contribution in [0.2, 0.25) is 0 Å². The number of ether oxygens (including phenoxy) is 6. The first kappa shape index (κ1) is 64.1. The van der Waals surface area contributed by atoms with Crippen LogP contribution < -0.4 is 0 Å². The number of unbranched alkanes of at least 4 members (excludes halogenated alkanes) is 18. The van der Waals surface area contributed by atoms with Crippen molar-refractivity contribution in [1.29, 1.82) is 0 Å². The van der Waals surface area contributed by atoms with E-state index in [-0.39, 0.29) is 19.4 Å². The van der Waals surface area contributed by atoms with E-state index in [0.29, 0.717) is 12.8 Å². The van der Waals surface area contributed by atoms with Gasteiger partial charge in [0.05, 0.1) is 19.8 Å². The molecular weight excluding hydrogens is 913 g/mol. The highest BCUT2D eigenvalue weighted by molar-refractivity contribution is 5.70. The number of rotatable bonds is 41. The Bertz CT molecular complexity index is 1510. The quantitative estimate of drug-likeness (QED) is 0.0132. The topological polar surface area (TPSA) is 231 Å². The van der Waals surface area contributed by atoms with E-state index in [0.717, 1.165) is 64.2 Å². The van der Waals surface area contributed by atoms with Crippen molar-refractivity contribution in [2.75, 3.05) is 26.4 Å². The van der Waals surface area contributed by atoms with Crippen molar-refractivity contribution in [1.82, 2.24) is 0 Å². The van der Waals surface area contributed by atoms with E-state index < -0.39 is 99.3 Å². The van der Waals surface area contributed by atoms with Gasteiger partial charge in [0.1, 0.15) is 55.4 Å². The summed E-state index contributed by atoms with van der Waals surface area (Å²) in [4.78, 5) is 25.8. The second-order valence-electron chi connectivity index (χ2n) is 18.8. The van der Waals surface area contributed by atoms with Gasteiger partial charge in [-0.25, -0.2) is 0 Å². The van der Waals surface area contributed by atoms with Crippen LogP contribution in [0.1, 0.15) is 174 Å². The molecule has 2 heterocycles. The Morgan fingerprint density at radius 3 is 1.52 bits per heavy atom. The van der Waals surface area contributed by atoms with E-state index in [9.17, 15) is 45.3 Å². The van der Waals surface area contributed by atoms with Gasteiger partial charge in [0, 0.05) is 12.8 Å². The molecule has 0 amide bonds. The molecule has 0 bridgehead atoms. The second kappa shape index (κ2) is 42.3. The molecule has 2 rings (SSSR count). The number of aliphatic hydroxyl groups excluding tert-OH is 7. The number of aliphatic hydroxyl groups is 7. The van der Waals surface area contributed by atoms with Gasteiger partial charge < -0.3 is 64.2 Å². The van der Waals surface area contributed by atoms with Crippen molar-refractivity contribution in [2.24, 2.45) is 0 Å². The van der Waals surface area contributed by atoms with Gasteiger partial charge in [0.2, 0.25) is 0 Å². The van der Waals surface area contributed by atoms with Crippen molar-refractivity contribution >= 4 is 11.9 Å². The summed E-state index contributed by atoms with van der Waals surface area (Å²) in [6.45, 7) is 2.39. The Balaban J connectivity index is 1.77. The monoisotopic (exact) mass is 1010 g/mol. The number of hydrogen-bond donors (Lipinski definition) is 7. The zero-order valence-electron chi connectivity index (χ0n) is 43.2. The van der Waals surface area contributed by atoms with Crippen LogP contribution >= 0.6 is 0 Å². The summed E-state index contributed by atoms with van der Waals surface area (Å²) in [5, 5.41) is 72.1. The largest absolute Gasteiger partial charge is 0.462 e. The summed E-state index contributed by atoms with van der Waals surface area (Å²) in [7, 11) is 0. The third kappa shape index (κ3) is 30.0. The Hall–Kier alpha value is -3.06. The van der Waals surface area contributed by atoms with Crippen molar-refractivity contribution in [3.63, 3.8) is 0 Å². The van der Waals surface area contributed by atoms with Gasteiger partial charge in [-0.2, -0.15) is 0 Å². The van der Waals surface area contributed by atoms with Crippen LogP contribution in [-0.4, -0.2) is 142 Å². The molecule has 0 aromatic heterocycles. The molecule has 2 aliphatic heterocycles. The molecule has 7 N–H and O–H groups in total. The fraction of sp³-hybridized carbons (Fsp3) is 0.750. The SMILES string of the molecule is CC/C=C/C=C/C=C/C=C/CCCCCC(=O)OC(COC(=O)CCCCCCCCC/C=C/C/C=C/CCCCCCCCCC)CO[C@@H]1O[C@H](CO[C@@H]2O[C@H](CO)[C@H](O)C(O)C2O)[C@H](O)C(O)C1O. The summed E-state index contributed by atoms with van der Waals surface area (Å²) in [5.41, 5.74) is 0. The minimum atomic E-state index is -1.78. The number of esters is 2. The van der Waals surface area contributed by atoms with Crippen molar-refractivity contribution in [3.8, 4) is 0 Å². The highest BCUT2D eigenvalue weighted by Crippen LogP contribution is 2.26. The van der Waals surface area contributed by atoms with Crippen LogP contribution in [0.4, 0.5) is 0 Å². The number of allylic oxidation sites excluding steroid dienone is 12. The average molecular weight is 1010 g/mol. The normalized spacial score (nSPS) is 25.8. The Morgan fingerprint density at radius 2 is 0.944 bits per heavy atom. The molecule has 0 aromatic carbocycles. The molecule has 2 saturated heterocycles. The number of carbonyl (C=O) groups is 2. The minimum absolute atomic E-state index is 0.114. The highest BCUT2D eigenvalue weighted by atomic mass is 16.7. The first-order chi connectivity index (χ1) is 34.5. The Labute approximate surface area is 425 Å². The van der Waals surface area contributed by atoms with E-state index >= 15 is 0 Å². The zero-order chi connectivity index (χ0) is 51.7. The predicted molar refractivity (Wildman–Crippen MR) is 275 cm³/mol. The molecule has 2 fully saturated rings. The van der Waals surface area contributed by atoms with E-state index in [1.807, 2.05) is 36.5 Å². The van der Waals surface area contributed by atoms with Gasteiger partial charge in [-0.15, -0.1) is 0 Å². The van der Waals surface area contributed by atoms with Crippen LogP contribution in [0, 0.1) is 0 Å². The average Bonchev–Trinajstić information content (AvgIpc) is 3.36. The molecule has 408 valence electrons. The van der Waals surface area contributed by atoms with Gasteiger partial charge >= 0.3 is 11.9 Å². The lowest BCUT2D eigenvalue weighted by atomic mass is 9.98. The maximum Gasteiger partial charge on any atom is 0.306 e. The molecular formula is C56H94O15. The highest BCUT2D eigenvalue weighted by Gasteiger charge is 2.47. The molecule has 0 saturated carbocycles. The van der Waals surface area contributed by atoms with Crippen molar-refractivity contribution in [2.45, 2.75) is 242 Å². The maximum atomic E-state index is 13.0. The molecule has 2 aliphatic rings. The van der Waals surface area contributed by atoms with Gasteiger partial charge in [0.15, 0.2) is 18.7 Å². The minimum Gasteiger partial charge on any atom is -0.462 e. The first-order valence-corrected chi connectivity index (χ1v) is 27.1. The van der Waals surface area contributed by atoms with E-state index in [4.69, 9.17) is 28.4 Å². The molecule has 15 nitrogen and oxygen atoms in total. The van der Waals surface area contributed by atoms with E-state index in [2.05, 4.69) is 50.3 Å². The molecule has 0 aromatic rings. The van der Waals surface area contributed by atoms with E-state index in [1.165, 1.54) is 70.6 Å². The lowest BCUT2D eigenvalue weighted by molar-refractivity contribution is -0.332. The summed E-state index contributed by atoms with van der Waals surface area (Å²) >= 11 is 0. The number of carbonyl (C=O) groups excluding carboxylic acids is 2. The molecule has 15 heteroatoms. The lowest BCUT2D eigenvalue weighted by Crippen LogP contribution is -2.61. The molecule has 71 heavy (non-hydrogen) atoms. The fourth-order valence-corrected chi connectivity index (χ4v) is 8.08. The van der Waals surface area contributed by atoms with Crippen molar-refractivity contribution in [3.05, 3.63) is 72.9 Å². The summed E-state index contributed by atoms with van der Waals surface area (Å²) in [5.74, 6) is -0.984. The van der Waals surface area contributed by atoms with Crippen molar-refractivity contribution < 1.29 is 73.8 Å². The predicted octanol–water partition coefficient (Wildman–Crippen LogP) is 8.21. The molecule has 0 radical (unpaired) electrons. The van der Waals surface area contributed by atoms with Gasteiger partial charge in [-0.3, -0.25) is 9.59 Å². The molecule has 5 unspecified atom stereocenters. The Morgan fingerprint density at radius 1 is 0.479 bits per heavy atom.